The quantitative estimate of drug-likeness (QED) is 0.798. The number of Topliss-reactive ketones (excluding diaryl/α,β-unsaturated/α-hetero) is 1. The number of benzene rings is 1. The maximum atomic E-state index is 13.1. The molecule has 0 bridgehead atoms. The molecule has 0 aliphatic carbocycles. The molecule has 0 spiro atoms. The molecule has 0 amide bonds. The summed E-state index contributed by atoms with van der Waals surface area (Å²) in [5, 5.41) is 0. The first-order valence-corrected chi connectivity index (χ1v) is 7.38. The summed E-state index contributed by atoms with van der Waals surface area (Å²) < 4.78 is 19.2. The van der Waals surface area contributed by atoms with Gasteiger partial charge in [0.2, 0.25) is 0 Å². The molecule has 1 aromatic carbocycles. The molecule has 0 aromatic heterocycles. The third-order valence-corrected chi connectivity index (χ3v) is 3.56. The predicted octanol–water partition coefficient (Wildman–Crippen LogP) is 3.29. The van der Waals surface area contributed by atoms with Crippen molar-refractivity contribution in [2.24, 2.45) is 0 Å². The second kappa shape index (κ2) is 5.85. The van der Waals surface area contributed by atoms with E-state index in [1.807, 2.05) is 0 Å². The smallest absolute Gasteiger partial charge is 0.164 e. The highest BCUT2D eigenvalue weighted by Gasteiger charge is 2.37. The van der Waals surface area contributed by atoms with E-state index >= 15 is 0 Å². The molecule has 0 saturated carbocycles. The molecular formula is C17H24FNO2. The molecule has 1 aromatic rings. The van der Waals surface area contributed by atoms with Gasteiger partial charge in [-0.15, -0.1) is 0 Å². The molecule has 0 radical (unpaired) electrons. The van der Waals surface area contributed by atoms with Gasteiger partial charge in [-0.2, -0.15) is 0 Å². The maximum Gasteiger partial charge on any atom is 0.164 e. The first-order valence-electron chi connectivity index (χ1n) is 7.38. The first-order chi connectivity index (χ1) is 9.67. The first kappa shape index (κ1) is 16.1. The summed E-state index contributed by atoms with van der Waals surface area (Å²) in [4.78, 5) is 14.4. The fraction of sp³-hybridized carbons (Fsp3) is 0.588. The monoisotopic (exact) mass is 293 g/mol. The van der Waals surface area contributed by atoms with E-state index in [9.17, 15) is 9.18 Å². The lowest BCUT2D eigenvalue weighted by molar-refractivity contribution is -0.180. The molecule has 0 N–H and O–H groups in total. The van der Waals surface area contributed by atoms with Gasteiger partial charge in [-0.25, -0.2) is 4.39 Å². The van der Waals surface area contributed by atoms with E-state index in [2.05, 4.69) is 32.6 Å². The van der Waals surface area contributed by atoms with Crippen molar-refractivity contribution in [3.63, 3.8) is 0 Å². The number of carbonyl (C=O) groups excluding carboxylic acids is 1. The largest absolute Gasteiger partial charge is 0.367 e. The van der Waals surface area contributed by atoms with Gasteiger partial charge in [0, 0.05) is 31.6 Å². The van der Waals surface area contributed by atoms with Crippen molar-refractivity contribution in [2.45, 2.75) is 45.3 Å². The predicted molar refractivity (Wildman–Crippen MR) is 81.0 cm³/mol. The maximum absolute atomic E-state index is 13.1. The van der Waals surface area contributed by atoms with Crippen molar-refractivity contribution in [3.8, 4) is 0 Å². The van der Waals surface area contributed by atoms with Crippen LogP contribution in [-0.2, 0) is 4.74 Å². The lowest BCUT2D eigenvalue weighted by atomic mass is 9.98. The normalized spacial score (nSPS) is 21.2. The summed E-state index contributed by atoms with van der Waals surface area (Å²) in [5.74, 6) is -0.383. The number of ether oxygens (including phenoxy) is 1. The zero-order valence-corrected chi connectivity index (χ0v) is 13.3. The fourth-order valence-electron chi connectivity index (χ4n) is 3.17. The van der Waals surface area contributed by atoms with Crippen LogP contribution in [-0.4, -0.2) is 41.5 Å². The Kier molecular flexibility index (Phi) is 4.49. The molecule has 116 valence electrons. The summed E-state index contributed by atoms with van der Waals surface area (Å²) in [5.41, 5.74) is 0.00890. The highest BCUT2D eigenvalue weighted by atomic mass is 19.1. The summed E-state index contributed by atoms with van der Waals surface area (Å²) in [6.07, 6.45) is 0.398. The zero-order valence-electron chi connectivity index (χ0n) is 13.3. The summed E-state index contributed by atoms with van der Waals surface area (Å²) in [6.45, 7) is 10.5. The minimum atomic E-state index is -0.366. The van der Waals surface area contributed by atoms with Crippen LogP contribution in [0.3, 0.4) is 0 Å². The molecule has 1 aliphatic rings. The average Bonchev–Trinajstić information content (AvgIpc) is 2.32. The third kappa shape index (κ3) is 4.61. The Hall–Kier alpha value is -1.26. The topological polar surface area (TPSA) is 29.5 Å². The zero-order chi connectivity index (χ0) is 15.7. The van der Waals surface area contributed by atoms with E-state index in [0.29, 0.717) is 18.5 Å². The number of hydrogen-bond acceptors (Lipinski definition) is 3. The number of hydrogen-bond donors (Lipinski definition) is 0. The van der Waals surface area contributed by atoms with E-state index in [4.69, 9.17) is 4.74 Å². The van der Waals surface area contributed by atoms with Crippen LogP contribution in [0, 0.1) is 5.82 Å². The van der Waals surface area contributed by atoms with Crippen molar-refractivity contribution in [1.82, 2.24) is 4.90 Å². The second-order valence-corrected chi connectivity index (χ2v) is 7.02. The highest BCUT2D eigenvalue weighted by Crippen LogP contribution is 2.28. The van der Waals surface area contributed by atoms with Crippen molar-refractivity contribution >= 4 is 5.78 Å². The van der Waals surface area contributed by atoms with E-state index in [0.717, 1.165) is 13.1 Å². The van der Waals surface area contributed by atoms with Crippen LogP contribution in [0.1, 0.15) is 44.5 Å². The van der Waals surface area contributed by atoms with Gasteiger partial charge in [-0.1, -0.05) is 12.1 Å². The standard InChI is InChI=1S/C17H24FNO2/c1-16(2)11-19(12-17(3,4)21-16)9-8-15(20)13-6-5-7-14(18)10-13/h5-7,10H,8-9,11-12H2,1-4H3. The molecule has 4 heteroatoms. The minimum Gasteiger partial charge on any atom is -0.367 e. The van der Waals surface area contributed by atoms with Gasteiger partial charge in [-0.05, 0) is 39.8 Å². The summed E-state index contributed by atoms with van der Waals surface area (Å²) in [7, 11) is 0. The Morgan fingerprint density at radius 3 is 2.43 bits per heavy atom. The number of carbonyl (C=O) groups is 1. The van der Waals surface area contributed by atoms with E-state index in [-0.39, 0.29) is 22.8 Å². The lowest BCUT2D eigenvalue weighted by Gasteiger charge is -2.47. The highest BCUT2D eigenvalue weighted by molar-refractivity contribution is 5.96. The van der Waals surface area contributed by atoms with Gasteiger partial charge in [0.25, 0.3) is 0 Å². The van der Waals surface area contributed by atoms with Gasteiger partial charge >= 0.3 is 0 Å². The van der Waals surface area contributed by atoms with Crippen LogP contribution in [0.4, 0.5) is 4.39 Å². The van der Waals surface area contributed by atoms with Crippen LogP contribution >= 0.6 is 0 Å². The van der Waals surface area contributed by atoms with Crippen molar-refractivity contribution in [1.29, 1.82) is 0 Å². The van der Waals surface area contributed by atoms with Crippen molar-refractivity contribution < 1.29 is 13.9 Å². The van der Waals surface area contributed by atoms with E-state index in [1.54, 1.807) is 12.1 Å². The van der Waals surface area contributed by atoms with Gasteiger partial charge in [-0.3, -0.25) is 9.69 Å². The van der Waals surface area contributed by atoms with Crippen molar-refractivity contribution in [2.75, 3.05) is 19.6 Å². The van der Waals surface area contributed by atoms with Gasteiger partial charge < -0.3 is 4.74 Å². The fourth-order valence-corrected chi connectivity index (χ4v) is 3.17. The molecule has 1 heterocycles. The molecular weight excluding hydrogens is 269 g/mol. The van der Waals surface area contributed by atoms with Gasteiger partial charge in [0.05, 0.1) is 11.2 Å². The van der Waals surface area contributed by atoms with Crippen LogP contribution in [0.2, 0.25) is 0 Å². The number of ketones is 1. The number of morpholine rings is 1. The molecule has 1 saturated heterocycles. The van der Waals surface area contributed by atoms with Crippen LogP contribution in [0.5, 0.6) is 0 Å². The van der Waals surface area contributed by atoms with Crippen LogP contribution < -0.4 is 0 Å². The molecule has 1 aliphatic heterocycles. The third-order valence-electron chi connectivity index (χ3n) is 3.56. The van der Waals surface area contributed by atoms with Gasteiger partial charge in [0.15, 0.2) is 5.78 Å². The summed E-state index contributed by atoms with van der Waals surface area (Å²) >= 11 is 0. The Bertz CT molecular complexity index is 509. The number of rotatable bonds is 4. The lowest BCUT2D eigenvalue weighted by Crippen LogP contribution is -2.57. The van der Waals surface area contributed by atoms with E-state index < -0.39 is 0 Å². The second-order valence-electron chi connectivity index (χ2n) is 7.02. The van der Waals surface area contributed by atoms with Crippen LogP contribution in [0.25, 0.3) is 0 Å². The average molecular weight is 293 g/mol. The number of halogens is 1. The SMILES string of the molecule is CC1(C)CN(CCC(=O)c2cccc(F)c2)CC(C)(C)O1. The Morgan fingerprint density at radius 2 is 1.86 bits per heavy atom. The molecule has 0 unspecified atom stereocenters. The van der Waals surface area contributed by atoms with E-state index in [1.165, 1.54) is 12.1 Å². The van der Waals surface area contributed by atoms with Crippen molar-refractivity contribution in [3.05, 3.63) is 35.6 Å². The molecule has 21 heavy (non-hydrogen) atoms. The summed E-state index contributed by atoms with van der Waals surface area (Å²) in [6, 6.07) is 5.89. The molecule has 3 nitrogen and oxygen atoms in total. The van der Waals surface area contributed by atoms with Gasteiger partial charge in [0.1, 0.15) is 5.82 Å². The Morgan fingerprint density at radius 1 is 1.24 bits per heavy atom. The molecule has 2 rings (SSSR count). The van der Waals surface area contributed by atoms with Crippen LogP contribution in [0.15, 0.2) is 24.3 Å². The Labute approximate surface area is 126 Å². The molecule has 0 atom stereocenters. The minimum absolute atomic E-state index is 0.0170. The molecule has 1 fully saturated rings. The Balaban J connectivity index is 1.95. The number of nitrogens with zero attached hydrogens (tertiary/aromatic N) is 1.